The number of carboxylic acids is 1. The van der Waals surface area contributed by atoms with Gasteiger partial charge in [0.1, 0.15) is 9.78 Å². The second-order valence-corrected chi connectivity index (χ2v) is 11.6. The molecule has 2 aromatic rings. The lowest BCUT2D eigenvalue weighted by atomic mass is 10.0. The molecule has 7 nitrogen and oxygen atoms in total. The third-order valence-corrected chi connectivity index (χ3v) is 9.53. The number of hydrogen-bond acceptors (Lipinski definition) is 6. The molecule has 174 valence electrons. The van der Waals surface area contributed by atoms with Crippen LogP contribution in [0.15, 0.2) is 58.8 Å². The largest absolute Gasteiger partial charge is 0.480 e. The van der Waals surface area contributed by atoms with Crippen molar-refractivity contribution in [1.29, 1.82) is 0 Å². The third kappa shape index (κ3) is 4.96. The number of sulfonamides is 1. The Hall–Kier alpha value is -2.33. The van der Waals surface area contributed by atoms with E-state index in [1.807, 2.05) is 12.1 Å². The highest BCUT2D eigenvalue weighted by molar-refractivity contribution is 8.18. The predicted molar refractivity (Wildman–Crippen MR) is 126 cm³/mol. The van der Waals surface area contributed by atoms with Gasteiger partial charge in [-0.05, 0) is 41.7 Å². The zero-order chi connectivity index (χ0) is 23.8. The van der Waals surface area contributed by atoms with Crippen molar-refractivity contribution < 1.29 is 27.9 Å². The summed E-state index contributed by atoms with van der Waals surface area (Å²) in [5.41, 5.74) is 0.662. The van der Waals surface area contributed by atoms with E-state index in [1.165, 1.54) is 18.9 Å². The molecule has 0 saturated heterocycles. The molecule has 0 spiro atoms. The standard InChI is InChI=1S/C23H22ClNO6S2/c1-31-20(26)12-14-3-2-4-16(11-14)18-13-23(18,22(27)28)25-33(29,30)21-10-9-19(32-21)15-5-7-17(24)8-6-15/h2-8,10-11,18-19,25H,9,12-13H2,1H3,(H,27,28). The summed E-state index contributed by atoms with van der Waals surface area (Å²) in [6.07, 6.45) is 2.32. The van der Waals surface area contributed by atoms with E-state index in [9.17, 15) is 23.1 Å². The summed E-state index contributed by atoms with van der Waals surface area (Å²) >= 11 is 7.12. The van der Waals surface area contributed by atoms with Crippen molar-refractivity contribution in [3.8, 4) is 0 Å². The van der Waals surface area contributed by atoms with Crippen molar-refractivity contribution in [2.45, 2.75) is 36.0 Å². The van der Waals surface area contributed by atoms with Crippen LogP contribution in [0.4, 0.5) is 0 Å². The number of carbonyl (C=O) groups is 2. The highest BCUT2D eigenvalue weighted by Gasteiger charge is 2.63. The number of methoxy groups -OCH3 is 1. The third-order valence-electron chi connectivity index (χ3n) is 5.85. The van der Waals surface area contributed by atoms with E-state index >= 15 is 0 Å². The van der Waals surface area contributed by atoms with Gasteiger partial charge in [-0.2, -0.15) is 4.72 Å². The van der Waals surface area contributed by atoms with E-state index in [-0.39, 0.29) is 22.3 Å². The van der Waals surface area contributed by atoms with Crippen LogP contribution in [0.2, 0.25) is 5.02 Å². The average molecular weight is 508 g/mol. The van der Waals surface area contributed by atoms with Gasteiger partial charge in [0.2, 0.25) is 10.0 Å². The lowest BCUT2D eigenvalue weighted by molar-refractivity contribution is -0.141. The lowest BCUT2D eigenvalue weighted by Crippen LogP contribution is -2.44. The first-order valence-corrected chi connectivity index (χ1v) is 12.9. The minimum absolute atomic E-state index is 0.0540. The SMILES string of the molecule is COC(=O)Cc1cccc(C2CC2(NS(=O)(=O)C2=CCC(c3ccc(Cl)cc3)S2)C(=O)O)c1. The van der Waals surface area contributed by atoms with Crippen molar-refractivity contribution >= 4 is 45.3 Å². The molecule has 1 fully saturated rings. The van der Waals surface area contributed by atoms with Crippen molar-refractivity contribution in [2.24, 2.45) is 0 Å². The number of halogens is 1. The summed E-state index contributed by atoms with van der Waals surface area (Å²) < 4.78 is 33.5. The highest BCUT2D eigenvalue weighted by atomic mass is 35.5. The van der Waals surface area contributed by atoms with Crippen molar-refractivity contribution in [3.05, 3.63) is 80.6 Å². The Bertz CT molecular complexity index is 1230. The second-order valence-electron chi connectivity index (χ2n) is 8.05. The number of esters is 1. The van der Waals surface area contributed by atoms with E-state index in [0.717, 1.165) is 5.56 Å². The monoisotopic (exact) mass is 507 g/mol. The summed E-state index contributed by atoms with van der Waals surface area (Å²) in [5.74, 6) is -2.18. The van der Waals surface area contributed by atoms with Crippen LogP contribution < -0.4 is 4.72 Å². The van der Waals surface area contributed by atoms with Gasteiger partial charge in [0.25, 0.3) is 0 Å². The van der Waals surface area contributed by atoms with Gasteiger partial charge >= 0.3 is 11.9 Å². The smallest absolute Gasteiger partial charge is 0.325 e. The van der Waals surface area contributed by atoms with E-state index in [1.54, 1.807) is 42.5 Å². The van der Waals surface area contributed by atoms with Crippen LogP contribution in [-0.2, 0) is 30.8 Å². The van der Waals surface area contributed by atoms with Gasteiger partial charge in [-0.3, -0.25) is 9.59 Å². The Labute approximate surface area is 201 Å². The molecule has 0 bridgehead atoms. The molecule has 0 aromatic heterocycles. The fraction of sp³-hybridized carbons (Fsp3) is 0.304. The Balaban J connectivity index is 1.50. The van der Waals surface area contributed by atoms with Gasteiger partial charge < -0.3 is 9.84 Å². The molecule has 33 heavy (non-hydrogen) atoms. The number of allylic oxidation sites excluding steroid dienone is 1. The summed E-state index contributed by atoms with van der Waals surface area (Å²) in [5, 5.41) is 10.4. The molecule has 10 heteroatoms. The van der Waals surface area contributed by atoms with Gasteiger partial charge in [0, 0.05) is 16.2 Å². The highest BCUT2D eigenvalue weighted by Crippen LogP contribution is 2.54. The van der Waals surface area contributed by atoms with Crippen LogP contribution in [0.25, 0.3) is 0 Å². The van der Waals surface area contributed by atoms with Gasteiger partial charge in [-0.15, -0.1) is 11.8 Å². The molecule has 0 amide bonds. The van der Waals surface area contributed by atoms with Crippen LogP contribution in [0.1, 0.15) is 40.7 Å². The average Bonchev–Trinajstić information content (AvgIpc) is 3.27. The molecule has 2 N–H and O–H groups in total. The summed E-state index contributed by atoms with van der Waals surface area (Å²) in [6.45, 7) is 0. The van der Waals surface area contributed by atoms with Crippen molar-refractivity contribution in [2.75, 3.05) is 7.11 Å². The topological polar surface area (TPSA) is 110 Å². The van der Waals surface area contributed by atoms with Crippen LogP contribution in [0, 0.1) is 0 Å². The number of benzene rings is 2. The Morgan fingerprint density at radius 3 is 2.61 bits per heavy atom. The zero-order valence-electron chi connectivity index (χ0n) is 17.7. The fourth-order valence-corrected chi connectivity index (χ4v) is 7.27. The normalized spacial score (nSPS) is 24.2. The van der Waals surface area contributed by atoms with E-state index in [0.29, 0.717) is 22.6 Å². The summed E-state index contributed by atoms with van der Waals surface area (Å²) in [4.78, 5) is 23.7. The fourth-order valence-electron chi connectivity index (χ4n) is 4.00. The molecule has 3 unspecified atom stereocenters. The maximum atomic E-state index is 13.1. The van der Waals surface area contributed by atoms with Crippen LogP contribution in [-0.4, -0.2) is 38.1 Å². The van der Waals surface area contributed by atoms with Gasteiger partial charge in [0.05, 0.1) is 13.5 Å². The minimum atomic E-state index is -4.03. The molecule has 2 aromatic carbocycles. The van der Waals surface area contributed by atoms with Crippen LogP contribution in [0.5, 0.6) is 0 Å². The first-order valence-electron chi connectivity index (χ1n) is 10.2. The van der Waals surface area contributed by atoms with Gasteiger partial charge in [0.15, 0.2) is 0 Å². The predicted octanol–water partition coefficient (Wildman–Crippen LogP) is 4.01. The number of aliphatic carboxylic acids is 1. The second kappa shape index (κ2) is 9.13. The maximum absolute atomic E-state index is 13.1. The molecule has 1 aliphatic carbocycles. The minimum Gasteiger partial charge on any atom is -0.480 e. The number of ether oxygens (including phenoxy) is 1. The zero-order valence-corrected chi connectivity index (χ0v) is 20.0. The van der Waals surface area contributed by atoms with Crippen LogP contribution >= 0.6 is 23.4 Å². The van der Waals surface area contributed by atoms with Crippen molar-refractivity contribution in [3.63, 3.8) is 0 Å². The maximum Gasteiger partial charge on any atom is 0.325 e. The number of nitrogens with one attached hydrogen (secondary N) is 1. The van der Waals surface area contributed by atoms with Gasteiger partial charge in [-0.25, -0.2) is 8.42 Å². The number of thioether (sulfide) groups is 1. The molecule has 1 saturated carbocycles. The van der Waals surface area contributed by atoms with Crippen molar-refractivity contribution in [1.82, 2.24) is 4.72 Å². The van der Waals surface area contributed by atoms with E-state index in [2.05, 4.69) is 9.46 Å². The quantitative estimate of drug-likeness (QED) is 0.519. The Kier molecular flexibility index (Phi) is 6.59. The molecular formula is C23H22ClNO6S2. The Morgan fingerprint density at radius 1 is 1.21 bits per heavy atom. The first-order chi connectivity index (χ1) is 15.6. The summed E-state index contributed by atoms with van der Waals surface area (Å²) in [6, 6.07) is 14.1. The Morgan fingerprint density at radius 2 is 1.94 bits per heavy atom. The molecule has 4 rings (SSSR count). The number of carboxylic acid groups (broad SMARTS) is 1. The molecular weight excluding hydrogens is 486 g/mol. The van der Waals surface area contributed by atoms with Crippen LogP contribution in [0.3, 0.4) is 0 Å². The van der Waals surface area contributed by atoms with E-state index in [4.69, 9.17) is 11.6 Å². The first kappa shape index (κ1) is 23.8. The molecule has 1 heterocycles. The molecule has 2 aliphatic rings. The van der Waals surface area contributed by atoms with E-state index < -0.39 is 33.4 Å². The molecule has 1 aliphatic heterocycles. The lowest BCUT2D eigenvalue weighted by Gasteiger charge is -2.17. The summed E-state index contributed by atoms with van der Waals surface area (Å²) in [7, 11) is -2.73. The number of rotatable bonds is 8. The molecule has 0 radical (unpaired) electrons. The molecule has 3 atom stereocenters. The van der Waals surface area contributed by atoms with Gasteiger partial charge in [-0.1, -0.05) is 54.1 Å². The number of hydrogen-bond donors (Lipinski definition) is 2. The number of carbonyl (C=O) groups excluding carboxylic acids is 1.